The van der Waals surface area contributed by atoms with E-state index in [0.29, 0.717) is 30.5 Å². The minimum absolute atomic E-state index is 0.0331. The average molecular weight is 358 g/mol. The minimum atomic E-state index is -0.610. The molecule has 0 bridgehead atoms. The van der Waals surface area contributed by atoms with E-state index >= 15 is 0 Å². The number of fused-ring (bicyclic) bond motifs is 1. The highest BCUT2D eigenvalue weighted by Gasteiger charge is 2.34. The number of ether oxygens (including phenoxy) is 1. The fraction of sp³-hybridized carbons (Fsp3) is 0.389. The Balaban J connectivity index is 1.42. The predicted molar refractivity (Wildman–Crippen MR) is 88.0 cm³/mol. The molecule has 8 nitrogen and oxygen atoms in total. The normalized spacial score (nSPS) is 16.2. The molecule has 0 radical (unpaired) electrons. The van der Waals surface area contributed by atoms with Gasteiger partial charge in [0.15, 0.2) is 6.61 Å². The maximum absolute atomic E-state index is 12.2. The van der Waals surface area contributed by atoms with Crippen molar-refractivity contribution in [3.05, 3.63) is 35.4 Å². The molecule has 0 N–H and O–H groups in total. The molecule has 3 rings (SSSR count). The molecule has 1 fully saturated rings. The molecule has 1 aromatic carbocycles. The molecule has 0 spiro atoms. The Morgan fingerprint density at radius 2 is 1.69 bits per heavy atom. The van der Waals surface area contributed by atoms with E-state index < -0.39 is 18.5 Å². The Kier molecular flexibility index (Phi) is 5.11. The third-order valence-corrected chi connectivity index (χ3v) is 4.37. The van der Waals surface area contributed by atoms with Gasteiger partial charge < -0.3 is 4.74 Å². The van der Waals surface area contributed by atoms with Crippen molar-refractivity contribution in [2.45, 2.75) is 25.7 Å². The number of likely N-dealkylation sites (tertiary alicyclic amines) is 1. The summed E-state index contributed by atoms with van der Waals surface area (Å²) in [5, 5.41) is 0. The van der Waals surface area contributed by atoms with E-state index in [1.54, 1.807) is 24.3 Å². The van der Waals surface area contributed by atoms with Crippen LogP contribution in [0.4, 0.5) is 0 Å². The SMILES string of the molecule is O=C(CCCN1C(=O)c2ccccc2C1=O)OCC(=O)N1CCCC1=O. The van der Waals surface area contributed by atoms with Gasteiger partial charge in [-0.1, -0.05) is 12.1 Å². The van der Waals surface area contributed by atoms with Gasteiger partial charge in [-0.3, -0.25) is 33.8 Å². The maximum atomic E-state index is 12.2. The number of benzene rings is 1. The number of hydrogen-bond acceptors (Lipinski definition) is 6. The summed E-state index contributed by atoms with van der Waals surface area (Å²) in [5.74, 6) is -2.14. The third kappa shape index (κ3) is 3.49. The molecule has 136 valence electrons. The van der Waals surface area contributed by atoms with Gasteiger partial charge in [0.1, 0.15) is 0 Å². The van der Waals surface area contributed by atoms with Crippen LogP contribution in [0.15, 0.2) is 24.3 Å². The van der Waals surface area contributed by atoms with E-state index in [-0.39, 0.29) is 37.1 Å². The van der Waals surface area contributed by atoms with Gasteiger partial charge in [0.25, 0.3) is 17.7 Å². The van der Waals surface area contributed by atoms with Crippen molar-refractivity contribution < 1.29 is 28.7 Å². The molecule has 2 heterocycles. The van der Waals surface area contributed by atoms with E-state index in [1.807, 2.05) is 0 Å². The number of carbonyl (C=O) groups is 5. The third-order valence-electron chi connectivity index (χ3n) is 4.37. The Bertz CT molecular complexity index is 753. The van der Waals surface area contributed by atoms with Crippen molar-refractivity contribution in [2.75, 3.05) is 19.7 Å². The van der Waals surface area contributed by atoms with Gasteiger partial charge in [-0.05, 0) is 25.0 Å². The maximum Gasteiger partial charge on any atom is 0.306 e. The van der Waals surface area contributed by atoms with Crippen LogP contribution in [0.3, 0.4) is 0 Å². The van der Waals surface area contributed by atoms with Crippen molar-refractivity contribution in [3.63, 3.8) is 0 Å². The summed E-state index contributed by atoms with van der Waals surface area (Å²) in [7, 11) is 0. The minimum Gasteiger partial charge on any atom is -0.456 e. The standard InChI is InChI=1S/C18H18N2O6/c21-14-7-3-9-19(14)15(22)11-26-16(23)8-4-10-20-17(24)12-5-1-2-6-13(12)18(20)25/h1-2,5-6H,3-4,7-11H2. The van der Waals surface area contributed by atoms with Crippen molar-refractivity contribution in [1.82, 2.24) is 9.80 Å². The highest BCUT2D eigenvalue weighted by atomic mass is 16.5. The summed E-state index contributed by atoms with van der Waals surface area (Å²) >= 11 is 0. The molecule has 2 aliphatic rings. The molecule has 0 aromatic heterocycles. The van der Waals surface area contributed by atoms with Crippen molar-refractivity contribution in [1.29, 1.82) is 0 Å². The molecule has 1 saturated heterocycles. The zero-order valence-electron chi connectivity index (χ0n) is 14.1. The molecule has 1 aromatic rings. The summed E-state index contributed by atoms with van der Waals surface area (Å²) in [4.78, 5) is 61.5. The first kappa shape index (κ1) is 17.8. The van der Waals surface area contributed by atoms with Crippen molar-refractivity contribution in [2.24, 2.45) is 0 Å². The first-order valence-electron chi connectivity index (χ1n) is 8.43. The first-order valence-corrected chi connectivity index (χ1v) is 8.43. The van der Waals surface area contributed by atoms with Gasteiger partial charge in [0.05, 0.1) is 11.1 Å². The van der Waals surface area contributed by atoms with E-state index in [9.17, 15) is 24.0 Å². The molecule has 4 amide bonds. The summed E-state index contributed by atoms with van der Waals surface area (Å²) in [6, 6.07) is 6.56. The van der Waals surface area contributed by atoms with Crippen LogP contribution < -0.4 is 0 Å². The fourth-order valence-corrected chi connectivity index (χ4v) is 3.03. The number of imide groups is 2. The van der Waals surface area contributed by atoms with Crippen LogP contribution in [0.25, 0.3) is 0 Å². The Morgan fingerprint density at radius 3 is 2.27 bits per heavy atom. The van der Waals surface area contributed by atoms with Gasteiger partial charge in [-0.2, -0.15) is 0 Å². The smallest absolute Gasteiger partial charge is 0.306 e. The Labute approximate surface area is 149 Å². The van der Waals surface area contributed by atoms with Crippen LogP contribution in [0.1, 0.15) is 46.4 Å². The Hall–Kier alpha value is -3.03. The predicted octanol–water partition coefficient (Wildman–Crippen LogP) is 0.755. The lowest BCUT2D eigenvalue weighted by Crippen LogP contribution is -2.35. The number of carbonyl (C=O) groups excluding carboxylic acids is 5. The van der Waals surface area contributed by atoms with Crippen LogP contribution >= 0.6 is 0 Å². The van der Waals surface area contributed by atoms with Crippen LogP contribution in [0, 0.1) is 0 Å². The molecule has 8 heteroatoms. The molecule has 0 atom stereocenters. The lowest BCUT2D eigenvalue weighted by molar-refractivity contribution is -0.154. The van der Waals surface area contributed by atoms with E-state index in [1.165, 1.54) is 0 Å². The number of hydrogen-bond donors (Lipinski definition) is 0. The van der Waals surface area contributed by atoms with Crippen molar-refractivity contribution >= 4 is 29.6 Å². The number of amides is 4. The second-order valence-electron chi connectivity index (χ2n) is 6.11. The lowest BCUT2D eigenvalue weighted by atomic mass is 10.1. The number of nitrogens with zero attached hydrogens (tertiary/aromatic N) is 2. The van der Waals surface area contributed by atoms with Crippen LogP contribution in [-0.2, 0) is 19.1 Å². The first-order chi connectivity index (χ1) is 12.5. The quantitative estimate of drug-likeness (QED) is 0.549. The van der Waals surface area contributed by atoms with Gasteiger partial charge in [-0.25, -0.2) is 0 Å². The molecule has 0 saturated carbocycles. The van der Waals surface area contributed by atoms with Gasteiger partial charge >= 0.3 is 5.97 Å². The highest BCUT2D eigenvalue weighted by Crippen LogP contribution is 2.22. The largest absolute Gasteiger partial charge is 0.456 e. The second kappa shape index (κ2) is 7.47. The lowest BCUT2D eigenvalue weighted by Gasteiger charge is -2.14. The van der Waals surface area contributed by atoms with E-state index in [0.717, 1.165) is 9.80 Å². The van der Waals surface area contributed by atoms with Gasteiger partial charge in [-0.15, -0.1) is 0 Å². The summed E-state index contributed by atoms with van der Waals surface area (Å²) in [6.45, 7) is -0.0213. The molecular formula is C18H18N2O6. The van der Waals surface area contributed by atoms with Crippen LogP contribution in [-0.4, -0.2) is 59.1 Å². The summed E-state index contributed by atoms with van der Waals surface area (Å²) in [5.41, 5.74) is 0.724. The van der Waals surface area contributed by atoms with Crippen molar-refractivity contribution in [3.8, 4) is 0 Å². The second-order valence-corrected chi connectivity index (χ2v) is 6.11. The zero-order chi connectivity index (χ0) is 18.7. The summed E-state index contributed by atoms with van der Waals surface area (Å²) in [6.07, 6.45) is 1.16. The molecular weight excluding hydrogens is 340 g/mol. The monoisotopic (exact) mass is 358 g/mol. The molecule has 2 aliphatic heterocycles. The van der Waals surface area contributed by atoms with Gasteiger partial charge in [0.2, 0.25) is 5.91 Å². The highest BCUT2D eigenvalue weighted by molar-refractivity contribution is 6.21. The number of rotatable bonds is 6. The average Bonchev–Trinajstić information content (AvgIpc) is 3.17. The van der Waals surface area contributed by atoms with Gasteiger partial charge in [0, 0.05) is 25.9 Å². The van der Waals surface area contributed by atoms with E-state index in [2.05, 4.69) is 0 Å². The zero-order valence-corrected chi connectivity index (χ0v) is 14.1. The van der Waals surface area contributed by atoms with Crippen LogP contribution in [0.2, 0.25) is 0 Å². The molecule has 0 aliphatic carbocycles. The number of esters is 1. The Morgan fingerprint density at radius 1 is 1.04 bits per heavy atom. The topological polar surface area (TPSA) is 101 Å². The molecule has 26 heavy (non-hydrogen) atoms. The molecule has 0 unspecified atom stereocenters. The van der Waals surface area contributed by atoms with Crippen LogP contribution in [0.5, 0.6) is 0 Å². The summed E-state index contributed by atoms with van der Waals surface area (Å²) < 4.78 is 4.87. The van der Waals surface area contributed by atoms with E-state index in [4.69, 9.17) is 4.74 Å². The fourth-order valence-electron chi connectivity index (χ4n) is 3.03.